The fraction of sp³-hybridized carbons (Fsp3) is 0.393. The van der Waals surface area contributed by atoms with E-state index in [4.69, 9.17) is 0 Å². The molecule has 0 aliphatic heterocycles. The molecule has 0 fully saturated rings. The van der Waals surface area contributed by atoms with Crippen LogP contribution in [0, 0.1) is 5.82 Å². The summed E-state index contributed by atoms with van der Waals surface area (Å²) in [5.74, 6) is -1.63. The SMILES string of the molecule is CCCc1c(C(=O)NCCc2ccccc2)nc(-c2ccc(F)cc2)n1CC[C@@H](O)C[C@@H](O)CC(=O)[O-].[Na+]. The minimum Gasteiger partial charge on any atom is -0.550 e. The van der Waals surface area contributed by atoms with Gasteiger partial charge in [0.15, 0.2) is 0 Å². The Morgan fingerprint density at radius 1 is 1.05 bits per heavy atom. The van der Waals surface area contributed by atoms with Gasteiger partial charge in [0.1, 0.15) is 17.3 Å². The zero-order valence-electron chi connectivity index (χ0n) is 21.9. The molecule has 10 heteroatoms. The van der Waals surface area contributed by atoms with E-state index in [0.29, 0.717) is 36.5 Å². The van der Waals surface area contributed by atoms with Crippen molar-refractivity contribution in [3.63, 3.8) is 0 Å². The molecule has 38 heavy (non-hydrogen) atoms. The van der Waals surface area contributed by atoms with Gasteiger partial charge in [-0.15, -0.1) is 0 Å². The van der Waals surface area contributed by atoms with Crippen LogP contribution < -0.4 is 40.0 Å². The molecule has 0 saturated heterocycles. The van der Waals surface area contributed by atoms with Gasteiger partial charge in [-0.3, -0.25) is 4.79 Å². The van der Waals surface area contributed by atoms with Crippen LogP contribution in [0.5, 0.6) is 0 Å². The standard InChI is InChI=1S/C28H34FN3O5.Na/c1-2-6-24-26(28(37)30-15-13-19-7-4-3-5-8-19)31-27(20-9-11-21(29)12-10-20)32(24)16-14-22(33)17-23(34)18-25(35)36;/h3-5,7-12,22-23,33-34H,2,6,13-18H2,1H3,(H,30,37)(H,35,36);/q;+1/p-1/t22-,23-;/m1./s1. The number of aromatic nitrogens is 2. The summed E-state index contributed by atoms with van der Waals surface area (Å²) in [5, 5.41) is 33.9. The first-order valence-corrected chi connectivity index (χ1v) is 12.5. The van der Waals surface area contributed by atoms with Crippen molar-refractivity contribution in [2.75, 3.05) is 6.54 Å². The summed E-state index contributed by atoms with van der Waals surface area (Å²) in [4.78, 5) is 28.5. The summed E-state index contributed by atoms with van der Waals surface area (Å²) < 4.78 is 15.4. The van der Waals surface area contributed by atoms with Gasteiger partial charge in [0.25, 0.3) is 5.91 Å². The second-order valence-electron chi connectivity index (χ2n) is 9.04. The van der Waals surface area contributed by atoms with Crippen molar-refractivity contribution >= 4 is 11.9 Å². The molecule has 3 N–H and O–H groups in total. The maximum absolute atomic E-state index is 13.6. The van der Waals surface area contributed by atoms with E-state index in [0.717, 1.165) is 12.0 Å². The largest absolute Gasteiger partial charge is 1.00 e. The number of carboxylic acid groups (broad SMARTS) is 1. The van der Waals surface area contributed by atoms with E-state index in [-0.39, 0.29) is 60.5 Å². The third-order valence-electron chi connectivity index (χ3n) is 6.05. The van der Waals surface area contributed by atoms with Crippen molar-refractivity contribution in [1.29, 1.82) is 0 Å². The maximum atomic E-state index is 13.6. The van der Waals surface area contributed by atoms with Gasteiger partial charge < -0.3 is 30.0 Å². The fourth-order valence-electron chi connectivity index (χ4n) is 4.25. The maximum Gasteiger partial charge on any atom is 1.00 e. The number of imidazole rings is 1. The van der Waals surface area contributed by atoms with Crippen LogP contribution in [0.4, 0.5) is 4.39 Å². The monoisotopic (exact) mass is 533 g/mol. The van der Waals surface area contributed by atoms with Crippen LogP contribution in [-0.2, 0) is 24.2 Å². The van der Waals surface area contributed by atoms with Gasteiger partial charge in [-0.2, -0.15) is 0 Å². The van der Waals surface area contributed by atoms with Crippen LogP contribution in [0.15, 0.2) is 54.6 Å². The number of hydrogen-bond acceptors (Lipinski definition) is 6. The Morgan fingerprint density at radius 2 is 1.74 bits per heavy atom. The van der Waals surface area contributed by atoms with Crippen molar-refractivity contribution < 1.29 is 58.9 Å². The smallest absolute Gasteiger partial charge is 0.550 e. The molecule has 1 amide bonds. The number of halogens is 1. The van der Waals surface area contributed by atoms with Crippen LogP contribution in [0.2, 0.25) is 0 Å². The molecule has 2 atom stereocenters. The average molecular weight is 534 g/mol. The molecule has 3 rings (SSSR count). The summed E-state index contributed by atoms with van der Waals surface area (Å²) in [6.07, 6.45) is -0.717. The van der Waals surface area contributed by atoms with Crippen LogP contribution in [-0.4, -0.2) is 50.4 Å². The van der Waals surface area contributed by atoms with Crippen molar-refractivity contribution in [3.8, 4) is 11.4 Å². The van der Waals surface area contributed by atoms with E-state index in [1.54, 1.807) is 12.1 Å². The third kappa shape index (κ3) is 9.32. The van der Waals surface area contributed by atoms with E-state index in [2.05, 4.69) is 10.3 Å². The molecule has 0 unspecified atom stereocenters. The van der Waals surface area contributed by atoms with E-state index in [9.17, 15) is 29.3 Å². The molecule has 1 heterocycles. The molecule has 198 valence electrons. The van der Waals surface area contributed by atoms with Crippen molar-refractivity contribution in [1.82, 2.24) is 14.9 Å². The summed E-state index contributed by atoms with van der Waals surface area (Å²) in [5.41, 5.74) is 2.69. The third-order valence-corrected chi connectivity index (χ3v) is 6.05. The Balaban J connectivity index is 0.00000507. The van der Waals surface area contributed by atoms with E-state index >= 15 is 0 Å². The van der Waals surface area contributed by atoms with E-state index in [1.807, 2.05) is 41.8 Å². The van der Waals surface area contributed by atoms with E-state index in [1.165, 1.54) is 12.1 Å². The van der Waals surface area contributed by atoms with Crippen LogP contribution in [0.3, 0.4) is 0 Å². The molecule has 8 nitrogen and oxygen atoms in total. The minimum atomic E-state index is -1.39. The van der Waals surface area contributed by atoms with Gasteiger partial charge in [0, 0.05) is 31.0 Å². The van der Waals surface area contributed by atoms with Gasteiger partial charge in [0.05, 0.1) is 17.9 Å². The number of nitrogens with zero attached hydrogens (tertiary/aromatic N) is 2. The number of hydrogen-bond donors (Lipinski definition) is 3. The molecular formula is C28H33FN3NaO5. The quantitative estimate of drug-likeness (QED) is 0.234. The predicted molar refractivity (Wildman–Crippen MR) is 135 cm³/mol. The van der Waals surface area contributed by atoms with Gasteiger partial charge in [-0.25, -0.2) is 9.37 Å². The number of aliphatic hydroxyl groups is 2. The topological polar surface area (TPSA) is 128 Å². The number of carboxylic acids is 1. The Labute approximate surface area is 244 Å². The number of benzene rings is 2. The molecule has 3 aromatic rings. The molecular weight excluding hydrogens is 500 g/mol. The molecule has 2 aromatic carbocycles. The molecule has 0 spiro atoms. The number of rotatable bonds is 14. The zero-order valence-corrected chi connectivity index (χ0v) is 23.9. The number of aliphatic carboxylic acids is 1. The fourth-order valence-corrected chi connectivity index (χ4v) is 4.25. The first-order valence-electron chi connectivity index (χ1n) is 12.5. The van der Waals surface area contributed by atoms with Gasteiger partial charge in [-0.1, -0.05) is 43.7 Å². The molecule has 0 aliphatic rings. The second kappa shape index (κ2) is 15.8. The number of carbonyl (C=O) groups excluding carboxylic acids is 2. The molecule has 0 aliphatic carbocycles. The van der Waals surface area contributed by atoms with Crippen molar-refractivity contribution in [3.05, 3.63) is 77.4 Å². The molecule has 0 radical (unpaired) electrons. The van der Waals surface area contributed by atoms with Crippen LogP contribution >= 0.6 is 0 Å². The normalized spacial score (nSPS) is 12.4. The molecule has 1 aromatic heterocycles. The van der Waals surface area contributed by atoms with Crippen molar-refractivity contribution in [2.24, 2.45) is 0 Å². The Morgan fingerprint density at radius 3 is 2.37 bits per heavy atom. The molecule has 0 saturated carbocycles. The Bertz CT molecular complexity index is 1170. The second-order valence-corrected chi connectivity index (χ2v) is 9.04. The first-order chi connectivity index (χ1) is 17.8. The van der Waals surface area contributed by atoms with Crippen molar-refractivity contribution in [2.45, 2.75) is 64.2 Å². The minimum absolute atomic E-state index is 0. The Hall–Kier alpha value is -2.56. The summed E-state index contributed by atoms with van der Waals surface area (Å²) in [6.45, 7) is 2.69. The first kappa shape index (κ1) is 31.7. The van der Waals surface area contributed by atoms with Gasteiger partial charge >= 0.3 is 29.6 Å². The molecule has 0 bridgehead atoms. The number of nitrogens with one attached hydrogen (secondary N) is 1. The number of aliphatic hydroxyl groups excluding tert-OH is 2. The Kier molecular flexibility index (Phi) is 13.1. The summed E-state index contributed by atoms with van der Waals surface area (Å²) >= 11 is 0. The summed E-state index contributed by atoms with van der Waals surface area (Å²) in [7, 11) is 0. The van der Waals surface area contributed by atoms with Gasteiger partial charge in [-0.05, 0) is 55.5 Å². The average Bonchev–Trinajstić information content (AvgIpc) is 3.21. The zero-order chi connectivity index (χ0) is 26.8. The summed E-state index contributed by atoms with van der Waals surface area (Å²) in [6, 6.07) is 15.6. The number of amides is 1. The van der Waals surface area contributed by atoms with Crippen LogP contribution in [0.25, 0.3) is 11.4 Å². The predicted octanol–water partition coefficient (Wildman–Crippen LogP) is -0.740. The van der Waals surface area contributed by atoms with Crippen LogP contribution in [0.1, 0.15) is 54.4 Å². The van der Waals surface area contributed by atoms with E-state index < -0.39 is 30.4 Å². The van der Waals surface area contributed by atoms with Gasteiger partial charge in [0.2, 0.25) is 0 Å². The number of carbonyl (C=O) groups is 2.